The molecule has 1 aromatic carbocycles. The van der Waals surface area contributed by atoms with Crippen molar-refractivity contribution in [2.45, 2.75) is 6.92 Å². The van der Waals surface area contributed by atoms with Gasteiger partial charge in [0.1, 0.15) is 0 Å². The summed E-state index contributed by atoms with van der Waals surface area (Å²) in [7, 11) is 2.98. The van der Waals surface area contributed by atoms with Crippen LogP contribution in [0, 0.1) is 0 Å². The van der Waals surface area contributed by atoms with Gasteiger partial charge in [0.2, 0.25) is 0 Å². The maximum absolute atomic E-state index is 5.54. The van der Waals surface area contributed by atoms with Gasteiger partial charge in [-0.25, -0.2) is 0 Å². The van der Waals surface area contributed by atoms with E-state index in [9.17, 15) is 0 Å². The van der Waals surface area contributed by atoms with E-state index in [2.05, 4.69) is 0 Å². The Morgan fingerprint density at radius 3 is 2.06 bits per heavy atom. The van der Waals surface area contributed by atoms with Crippen LogP contribution < -0.4 is 34.2 Å². The van der Waals surface area contributed by atoms with Crippen molar-refractivity contribution in [1.29, 1.82) is 0 Å². The van der Waals surface area contributed by atoms with Crippen molar-refractivity contribution < 1.29 is 48.2 Å². The molecule has 0 saturated carbocycles. The van der Waals surface area contributed by atoms with E-state index in [0.29, 0.717) is 12.4 Å². The van der Waals surface area contributed by atoms with Crippen LogP contribution in [-0.4, -0.2) is 27.8 Å². The van der Waals surface area contributed by atoms with Gasteiger partial charge in [-0.2, -0.15) is 0 Å². The van der Waals surface area contributed by atoms with Gasteiger partial charge in [0.25, 0.3) is 0 Å². The van der Waals surface area contributed by atoms with Crippen LogP contribution in [0.5, 0.6) is 5.75 Å². The first-order valence-electron chi connectivity index (χ1n) is 4.87. The molecule has 0 aliphatic carbocycles. The van der Waals surface area contributed by atoms with Gasteiger partial charge in [-0.1, -0.05) is 18.2 Å². The molecule has 6 heteroatoms. The molecule has 0 saturated heterocycles. The molecule has 84 valence electrons. The zero-order valence-electron chi connectivity index (χ0n) is 10.3. The van der Waals surface area contributed by atoms with Crippen LogP contribution in [0.15, 0.2) is 30.3 Å². The summed E-state index contributed by atoms with van der Waals surface area (Å²) in [6.45, 7) is 0.156. The predicted molar refractivity (Wildman–Crippen MR) is 58.5 cm³/mol. The van der Waals surface area contributed by atoms with E-state index in [4.69, 9.17) is 18.6 Å². The molecule has 0 bridgehead atoms. The first kappa shape index (κ1) is 16.0. The Labute approximate surface area is 119 Å². The van der Waals surface area contributed by atoms with E-state index >= 15 is 0 Å². The quantitative estimate of drug-likeness (QED) is 0.581. The minimum atomic E-state index is -2.15. The largest absolute Gasteiger partial charge is 1.00 e. The summed E-state index contributed by atoms with van der Waals surface area (Å²) in [5.41, 5.74) is 0. The van der Waals surface area contributed by atoms with Crippen LogP contribution >= 0.6 is 0 Å². The van der Waals surface area contributed by atoms with Crippen molar-refractivity contribution in [1.82, 2.24) is 0 Å². The van der Waals surface area contributed by atoms with Crippen molar-refractivity contribution in [3.05, 3.63) is 30.3 Å². The van der Waals surface area contributed by atoms with Crippen LogP contribution in [0.4, 0.5) is 0 Å². The topological polar surface area (TPSA) is 36.9 Å². The van der Waals surface area contributed by atoms with E-state index in [-0.39, 0.29) is 29.6 Å². The monoisotopic (exact) mass is 234 g/mol. The van der Waals surface area contributed by atoms with Crippen molar-refractivity contribution in [3.8, 4) is 5.75 Å². The van der Waals surface area contributed by atoms with E-state index in [1.165, 1.54) is 14.2 Å². The zero-order valence-corrected chi connectivity index (χ0v) is 12.3. The maximum Gasteiger partial charge on any atom is 1.00 e. The molecule has 0 amide bonds. The third kappa shape index (κ3) is 4.45. The molecule has 0 aromatic heterocycles. The Hall–Kier alpha value is -0.0351. The Bertz CT molecular complexity index is 279. The van der Waals surface area contributed by atoms with Gasteiger partial charge in [0.15, 0.2) is 0 Å². The summed E-state index contributed by atoms with van der Waals surface area (Å²) in [5, 5.41) is 0. The van der Waals surface area contributed by atoms with Gasteiger partial charge < -0.3 is 18.6 Å². The SMILES string of the molecule is CCO[B-](OC)(OC)Oc1ccccc1.[Na+]. The molecular weight excluding hydrogens is 218 g/mol. The van der Waals surface area contributed by atoms with Crippen LogP contribution in [0.2, 0.25) is 0 Å². The summed E-state index contributed by atoms with van der Waals surface area (Å²) >= 11 is 0. The number of rotatable bonds is 6. The molecule has 1 aromatic rings. The fourth-order valence-electron chi connectivity index (χ4n) is 1.23. The van der Waals surface area contributed by atoms with Crippen LogP contribution in [0.1, 0.15) is 6.92 Å². The van der Waals surface area contributed by atoms with E-state index in [0.717, 1.165) is 0 Å². The third-order valence-electron chi connectivity index (χ3n) is 1.97. The number of benzene rings is 1. The standard InChI is InChI=1S/C10H16BO4.Na/c1-4-14-11(12-2,13-3)15-10-8-6-5-7-9-10;/h5-9H,4H2,1-3H3;/q-1;+1. The van der Waals surface area contributed by atoms with Crippen LogP contribution in [-0.2, 0) is 14.0 Å². The molecule has 0 aliphatic rings. The van der Waals surface area contributed by atoms with Gasteiger partial charge in [-0.15, -0.1) is 0 Å². The molecule has 1 rings (SSSR count). The van der Waals surface area contributed by atoms with Crippen molar-refractivity contribution in [2.24, 2.45) is 0 Å². The average Bonchev–Trinajstić information content (AvgIpc) is 2.30. The molecule has 0 N–H and O–H groups in total. The van der Waals surface area contributed by atoms with Gasteiger partial charge in [-0.3, -0.25) is 0 Å². The summed E-state index contributed by atoms with van der Waals surface area (Å²) in [5.74, 6) is 0.648. The number of hydrogen-bond acceptors (Lipinski definition) is 4. The minimum Gasteiger partial charge on any atom is -0.645 e. The van der Waals surface area contributed by atoms with Crippen molar-refractivity contribution >= 4 is 6.96 Å². The Balaban J connectivity index is 0.00000225. The third-order valence-corrected chi connectivity index (χ3v) is 1.97. The fourth-order valence-corrected chi connectivity index (χ4v) is 1.23. The molecule has 4 nitrogen and oxygen atoms in total. The smallest absolute Gasteiger partial charge is 0.645 e. The van der Waals surface area contributed by atoms with Gasteiger partial charge in [0, 0.05) is 6.61 Å². The second kappa shape index (κ2) is 8.11. The molecule has 0 radical (unpaired) electrons. The minimum absolute atomic E-state index is 0. The van der Waals surface area contributed by atoms with Crippen LogP contribution in [0.25, 0.3) is 0 Å². The summed E-state index contributed by atoms with van der Waals surface area (Å²) < 4.78 is 21.1. The average molecular weight is 234 g/mol. The fraction of sp³-hybridized carbons (Fsp3) is 0.400. The zero-order chi connectivity index (χ0) is 11.1. The number of para-hydroxylation sites is 1. The Morgan fingerprint density at radius 2 is 1.62 bits per heavy atom. The molecular formula is C10H16BNaO4. The van der Waals surface area contributed by atoms with Gasteiger partial charge in [-0.05, 0) is 33.3 Å². The van der Waals surface area contributed by atoms with E-state index in [1.54, 1.807) is 0 Å². The summed E-state index contributed by atoms with van der Waals surface area (Å²) in [6, 6.07) is 9.27. The predicted octanol–water partition coefficient (Wildman–Crippen LogP) is -1.17. The normalized spacial score (nSPS) is 10.7. The Morgan fingerprint density at radius 1 is 1.06 bits per heavy atom. The first-order valence-corrected chi connectivity index (χ1v) is 4.87. The molecule has 0 unspecified atom stereocenters. The summed E-state index contributed by atoms with van der Waals surface area (Å²) in [4.78, 5) is 0. The van der Waals surface area contributed by atoms with E-state index < -0.39 is 6.96 Å². The Kier molecular flexibility index (Phi) is 8.10. The van der Waals surface area contributed by atoms with E-state index in [1.807, 2.05) is 37.3 Å². The molecule has 0 aliphatic heterocycles. The second-order valence-electron chi connectivity index (χ2n) is 2.94. The molecule has 0 atom stereocenters. The first-order chi connectivity index (χ1) is 7.26. The molecule has 0 fully saturated rings. The summed E-state index contributed by atoms with van der Waals surface area (Å²) in [6.07, 6.45) is 0. The molecule has 0 spiro atoms. The molecule has 16 heavy (non-hydrogen) atoms. The van der Waals surface area contributed by atoms with Crippen molar-refractivity contribution in [2.75, 3.05) is 20.8 Å². The van der Waals surface area contributed by atoms with Crippen molar-refractivity contribution in [3.63, 3.8) is 0 Å². The van der Waals surface area contributed by atoms with Gasteiger partial charge >= 0.3 is 36.5 Å². The number of hydrogen-bond donors (Lipinski definition) is 0. The van der Waals surface area contributed by atoms with Gasteiger partial charge in [0.05, 0.1) is 5.75 Å². The molecule has 0 heterocycles. The van der Waals surface area contributed by atoms with Crippen LogP contribution in [0.3, 0.4) is 0 Å². The maximum atomic E-state index is 5.54. The second-order valence-corrected chi connectivity index (χ2v) is 2.94.